The predicted molar refractivity (Wildman–Crippen MR) is 68.7 cm³/mol. The molecule has 1 heterocycles. The van der Waals surface area contributed by atoms with Crippen molar-refractivity contribution in [2.75, 3.05) is 13.2 Å². The number of ether oxygens (including phenoxy) is 1. The Hall–Kier alpha value is -1.86. The summed E-state index contributed by atoms with van der Waals surface area (Å²) in [7, 11) is 0. The van der Waals surface area contributed by atoms with Crippen LogP contribution in [0.2, 0.25) is 0 Å². The van der Waals surface area contributed by atoms with E-state index in [4.69, 9.17) is 22.7 Å². The SMILES string of the molecule is NC(=S)c1cc(CN2C(=O)COCC2=O)ccc1F. The number of hydrogen-bond acceptors (Lipinski definition) is 4. The summed E-state index contributed by atoms with van der Waals surface area (Å²) in [6.07, 6.45) is 0. The average Bonchev–Trinajstić information content (AvgIpc) is 2.35. The Morgan fingerprint density at radius 3 is 2.58 bits per heavy atom. The van der Waals surface area contributed by atoms with E-state index in [0.717, 1.165) is 4.90 Å². The average molecular weight is 282 g/mol. The van der Waals surface area contributed by atoms with Crippen molar-refractivity contribution < 1.29 is 18.7 Å². The van der Waals surface area contributed by atoms with Gasteiger partial charge >= 0.3 is 0 Å². The number of imide groups is 1. The molecule has 0 aliphatic carbocycles. The van der Waals surface area contributed by atoms with Crippen LogP contribution in [0.25, 0.3) is 0 Å². The molecule has 5 nitrogen and oxygen atoms in total. The van der Waals surface area contributed by atoms with E-state index in [2.05, 4.69) is 0 Å². The normalized spacial score (nSPS) is 15.7. The van der Waals surface area contributed by atoms with Gasteiger partial charge in [-0.25, -0.2) is 4.39 Å². The van der Waals surface area contributed by atoms with Gasteiger partial charge in [-0.05, 0) is 17.7 Å². The maximum atomic E-state index is 13.4. The number of carbonyl (C=O) groups is 2. The van der Waals surface area contributed by atoms with Gasteiger partial charge in [0, 0.05) is 5.56 Å². The Bertz CT molecular complexity index is 546. The van der Waals surface area contributed by atoms with Gasteiger partial charge in [-0.3, -0.25) is 14.5 Å². The minimum atomic E-state index is -0.532. The van der Waals surface area contributed by atoms with Crippen LogP contribution in [0.15, 0.2) is 18.2 Å². The van der Waals surface area contributed by atoms with Crippen LogP contribution in [0.3, 0.4) is 0 Å². The number of nitrogens with zero attached hydrogens (tertiary/aromatic N) is 1. The number of morpholine rings is 1. The highest BCUT2D eigenvalue weighted by atomic mass is 32.1. The van der Waals surface area contributed by atoms with Crippen molar-refractivity contribution in [3.05, 3.63) is 35.1 Å². The Morgan fingerprint density at radius 1 is 1.37 bits per heavy atom. The fraction of sp³-hybridized carbons (Fsp3) is 0.250. The van der Waals surface area contributed by atoms with Gasteiger partial charge in [0.1, 0.15) is 24.0 Å². The van der Waals surface area contributed by atoms with E-state index in [1.807, 2.05) is 0 Å². The molecule has 2 amide bonds. The Kier molecular flexibility index (Phi) is 3.87. The lowest BCUT2D eigenvalue weighted by atomic mass is 10.1. The Labute approximate surface area is 114 Å². The molecule has 0 unspecified atom stereocenters. The van der Waals surface area contributed by atoms with Crippen molar-refractivity contribution in [3.63, 3.8) is 0 Å². The zero-order valence-electron chi connectivity index (χ0n) is 9.89. The zero-order chi connectivity index (χ0) is 14.0. The first-order valence-electron chi connectivity index (χ1n) is 5.48. The van der Waals surface area contributed by atoms with Crippen LogP contribution in [0.4, 0.5) is 4.39 Å². The van der Waals surface area contributed by atoms with Gasteiger partial charge in [0.25, 0.3) is 11.8 Å². The minimum Gasteiger partial charge on any atom is -0.389 e. The molecule has 1 fully saturated rings. The van der Waals surface area contributed by atoms with Gasteiger partial charge in [-0.1, -0.05) is 18.3 Å². The monoisotopic (exact) mass is 282 g/mol. The van der Waals surface area contributed by atoms with Crippen molar-refractivity contribution in [1.29, 1.82) is 0 Å². The van der Waals surface area contributed by atoms with Crippen molar-refractivity contribution in [1.82, 2.24) is 4.90 Å². The third-order valence-corrected chi connectivity index (χ3v) is 2.91. The molecule has 1 saturated heterocycles. The molecule has 19 heavy (non-hydrogen) atoms. The quantitative estimate of drug-likeness (QED) is 0.639. The van der Waals surface area contributed by atoms with E-state index >= 15 is 0 Å². The molecular formula is C12H11FN2O3S. The third kappa shape index (κ3) is 2.94. The van der Waals surface area contributed by atoms with E-state index in [-0.39, 0.29) is 30.3 Å². The molecule has 2 N–H and O–H groups in total. The van der Waals surface area contributed by atoms with Gasteiger partial charge in [-0.15, -0.1) is 0 Å². The maximum Gasteiger partial charge on any atom is 0.255 e. The number of nitrogens with two attached hydrogens (primary N) is 1. The van der Waals surface area contributed by atoms with Crippen LogP contribution in [0.1, 0.15) is 11.1 Å². The first-order chi connectivity index (χ1) is 8.99. The lowest BCUT2D eigenvalue weighted by molar-refractivity contribution is -0.159. The lowest BCUT2D eigenvalue weighted by Gasteiger charge is -2.25. The van der Waals surface area contributed by atoms with Crippen molar-refractivity contribution in [2.45, 2.75) is 6.54 Å². The summed E-state index contributed by atoms with van der Waals surface area (Å²) < 4.78 is 18.2. The molecular weight excluding hydrogens is 271 g/mol. The number of rotatable bonds is 3. The van der Waals surface area contributed by atoms with E-state index in [0.29, 0.717) is 5.56 Å². The fourth-order valence-electron chi connectivity index (χ4n) is 1.74. The van der Waals surface area contributed by atoms with Crippen LogP contribution in [0, 0.1) is 5.82 Å². The van der Waals surface area contributed by atoms with Gasteiger partial charge in [0.15, 0.2) is 0 Å². The predicted octanol–water partition coefficient (Wildman–Crippen LogP) is 0.345. The van der Waals surface area contributed by atoms with Crippen LogP contribution in [-0.2, 0) is 20.9 Å². The molecule has 7 heteroatoms. The van der Waals surface area contributed by atoms with Crippen LogP contribution < -0.4 is 5.73 Å². The Balaban J connectivity index is 2.23. The summed E-state index contributed by atoms with van der Waals surface area (Å²) in [6.45, 7) is -0.207. The molecule has 1 aromatic rings. The Morgan fingerprint density at radius 2 is 2.00 bits per heavy atom. The minimum absolute atomic E-state index is 0.0525. The topological polar surface area (TPSA) is 72.6 Å². The molecule has 0 spiro atoms. The molecule has 2 rings (SSSR count). The van der Waals surface area contributed by atoms with E-state index in [9.17, 15) is 14.0 Å². The molecule has 1 aliphatic rings. The number of hydrogen-bond donors (Lipinski definition) is 1. The highest BCUT2D eigenvalue weighted by Crippen LogP contribution is 2.14. The standard InChI is InChI=1S/C12H11FN2O3S/c13-9-2-1-7(3-8(9)12(14)19)4-15-10(16)5-18-6-11(15)17/h1-3H,4-6H2,(H2,14,19). The van der Waals surface area contributed by atoms with Crippen molar-refractivity contribution in [2.24, 2.45) is 5.73 Å². The zero-order valence-corrected chi connectivity index (χ0v) is 10.7. The number of benzene rings is 1. The molecule has 1 aliphatic heterocycles. The summed E-state index contributed by atoms with van der Waals surface area (Å²) in [5, 5.41) is 0. The largest absolute Gasteiger partial charge is 0.389 e. The molecule has 0 bridgehead atoms. The molecule has 0 atom stereocenters. The molecule has 0 aromatic heterocycles. The van der Waals surface area contributed by atoms with Crippen LogP contribution >= 0.6 is 12.2 Å². The van der Waals surface area contributed by atoms with Crippen molar-refractivity contribution in [3.8, 4) is 0 Å². The van der Waals surface area contributed by atoms with E-state index in [1.165, 1.54) is 18.2 Å². The first kappa shape index (κ1) is 13.6. The second kappa shape index (κ2) is 5.41. The van der Waals surface area contributed by atoms with Gasteiger partial charge < -0.3 is 10.5 Å². The highest BCUT2D eigenvalue weighted by molar-refractivity contribution is 7.80. The third-order valence-electron chi connectivity index (χ3n) is 2.69. The molecule has 0 radical (unpaired) electrons. The molecule has 0 saturated carbocycles. The highest BCUT2D eigenvalue weighted by Gasteiger charge is 2.26. The summed E-state index contributed by atoms with van der Waals surface area (Å²) in [5.41, 5.74) is 6.07. The number of thiocarbonyl (C=S) groups is 1. The second-order valence-electron chi connectivity index (χ2n) is 4.04. The smallest absolute Gasteiger partial charge is 0.255 e. The summed E-state index contributed by atoms with van der Waals surface area (Å²) in [5.74, 6) is -1.37. The first-order valence-corrected chi connectivity index (χ1v) is 5.89. The molecule has 1 aromatic carbocycles. The fourth-order valence-corrected chi connectivity index (χ4v) is 1.90. The summed E-state index contributed by atoms with van der Waals surface area (Å²) in [6, 6.07) is 4.13. The number of carbonyl (C=O) groups excluding carboxylic acids is 2. The van der Waals surface area contributed by atoms with E-state index < -0.39 is 17.6 Å². The number of halogens is 1. The van der Waals surface area contributed by atoms with Crippen molar-refractivity contribution >= 4 is 29.0 Å². The van der Waals surface area contributed by atoms with Gasteiger partial charge in [0.05, 0.1) is 6.54 Å². The van der Waals surface area contributed by atoms with E-state index in [1.54, 1.807) is 0 Å². The maximum absolute atomic E-state index is 13.4. The summed E-state index contributed by atoms with van der Waals surface area (Å²) >= 11 is 4.73. The van der Waals surface area contributed by atoms with Gasteiger partial charge in [0.2, 0.25) is 0 Å². The summed E-state index contributed by atoms with van der Waals surface area (Å²) in [4.78, 5) is 24.1. The van der Waals surface area contributed by atoms with Crippen LogP contribution in [-0.4, -0.2) is 34.9 Å². The second-order valence-corrected chi connectivity index (χ2v) is 4.48. The number of amides is 2. The van der Waals surface area contributed by atoms with Crippen LogP contribution in [0.5, 0.6) is 0 Å². The molecule has 100 valence electrons. The van der Waals surface area contributed by atoms with Gasteiger partial charge in [-0.2, -0.15) is 0 Å². The lowest BCUT2D eigenvalue weighted by Crippen LogP contribution is -2.45.